The summed E-state index contributed by atoms with van der Waals surface area (Å²) in [5, 5.41) is 2.86. The molecule has 0 amide bonds. The number of hydrogen-bond acceptors (Lipinski definition) is 5. The van der Waals surface area contributed by atoms with Gasteiger partial charge in [0.1, 0.15) is 5.52 Å². The van der Waals surface area contributed by atoms with Gasteiger partial charge in [-0.25, -0.2) is 9.97 Å². The highest BCUT2D eigenvalue weighted by molar-refractivity contribution is 6.31. The first kappa shape index (κ1) is 18.2. The van der Waals surface area contributed by atoms with Gasteiger partial charge in [0.2, 0.25) is 11.9 Å². The fourth-order valence-electron chi connectivity index (χ4n) is 2.56. The smallest absolute Gasteiger partial charge is 0.368 e. The number of imidazole rings is 1. The lowest BCUT2D eigenvalue weighted by atomic mass is 10.1. The maximum Gasteiger partial charge on any atom is 0.416 e. The van der Waals surface area contributed by atoms with E-state index in [2.05, 4.69) is 20.3 Å². The zero-order chi connectivity index (χ0) is 19.3. The highest BCUT2D eigenvalue weighted by Crippen LogP contribution is 2.35. The Morgan fingerprint density at radius 3 is 2.42 bits per heavy atom. The van der Waals surface area contributed by atoms with Crippen LogP contribution in [0, 0.1) is 0 Å². The van der Waals surface area contributed by atoms with Crippen molar-refractivity contribution in [3.8, 4) is 0 Å². The number of aromatic nitrogens is 4. The maximum atomic E-state index is 13.0. The molecule has 26 heavy (non-hydrogen) atoms. The molecule has 3 N–H and O–H groups in total. The van der Waals surface area contributed by atoms with Crippen LogP contribution in [-0.4, -0.2) is 19.5 Å². The fourth-order valence-corrected chi connectivity index (χ4v) is 2.80. The molecule has 6 nitrogen and oxygen atoms in total. The van der Waals surface area contributed by atoms with Crippen LogP contribution in [-0.2, 0) is 11.7 Å². The Labute approximate surface area is 152 Å². The van der Waals surface area contributed by atoms with Gasteiger partial charge in [-0.3, -0.25) is 4.57 Å². The third-order valence-electron chi connectivity index (χ3n) is 3.57. The number of nitrogen functional groups attached to an aromatic ring is 1. The summed E-state index contributed by atoms with van der Waals surface area (Å²) in [6, 6.07) is 3.23. The monoisotopic (exact) mass is 384 g/mol. The highest BCUT2D eigenvalue weighted by atomic mass is 35.5. The average molecular weight is 385 g/mol. The van der Waals surface area contributed by atoms with Crippen LogP contribution in [0.5, 0.6) is 0 Å². The molecule has 0 aliphatic carbocycles. The summed E-state index contributed by atoms with van der Waals surface area (Å²) in [7, 11) is 0. The Morgan fingerprint density at radius 2 is 1.81 bits per heavy atom. The molecule has 0 saturated carbocycles. The van der Waals surface area contributed by atoms with E-state index in [1.165, 1.54) is 12.3 Å². The quantitative estimate of drug-likeness (QED) is 0.675. The minimum atomic E-state index is -4.51. The molecule has 10 heteroatoms. The van der Waals surface area contributed by atoms with E-state index in [0.717, 1.165) is 12.1 Å². The zero-order valence-electron chi connectivity index (χ0n) is 14.2. The molecule has 2 heterocycles. The molecule has 0 bridgehead atoms. The topological polar surface area (TPSA) is 81.7 Å². The first-order valence-corrected chi connectivity index (χ1v) is 7.99. The predicted octanol–water partition coefficient (Wildman–Crippen LogP) is 4.58. The standard InChI is InChI=1S/C16H16ClF3N6/c1-15(2,3)26-12-11(7-22-13(21)25-12)24-14(26)23-10-5-8(16(18,19)20)4-9(17)6-10/h4-7H,1-3H3,(H,23,24)(H2,21,22,25). The molecular weight excluding hydrogens is 369 g/mol. The molecule has 0 radical (unpaired) electrons. The molecule has 1 aromatic carbocycles. The van der Waals surface area contributed by atoms with Gasteiger partial charge in [-0.15, -0.1) is 0 Å². The van der Waals surface area contributed by atoms with Gasteiger partial charge in [-0.1, -0.05) is 11.6 Å². The summed E-state index contributed by atoms with van der Waals surface area (Å²) in [4.78, 5) is 12.5. The van der Waals surface area contributed by atoms with Gasteiger partial charge >= 0.3 is 6.18 Å². The summed E-state index contributed by atoms with van der Waals surface area (Å²) in [6.45, 7) is 5.74. The third kappa shape index (κ3) is 3.52. The van der Waals surface area contributed by atoms with Crippen molar-refractivity contribution in [1.82, 2.24) is 19.5 Å². The number of nitrogens with two attached hydrogens (primary N) is 1. The van der Waals surface area contributed by atoms with Gasteiger partial charge in [-0.05, 0) is 39.0 Å². The summed E-state index contributed by atoms with van der Waals surface area (Å²) >= 11 is 5.85. The van der Waals surface area contributed by atoms with E-state index in [1.54, 1.807) is 4.57 Å². The number of nitrogens with one attached hydrogen (secondary N) is 1. The third-order valence-corrected chi connectivity index (χ3v) is 3.79. The van der Waals surface area contributed by atoms with E-state index >= 15 is 0 Å². The molecule has 0 atom stereocenters. The lowest BCUT2D eigenvalue weighted by Crippen LogP contribution is -2.23. The van der Waals surface area contributed by atoms with Crippen molar-refractivity contribution in [2.45, 2.75) is 32.5 Å². The molecule has 0 unspecified atom stereocenters. The molecular formula is C16H16ClF3N6. The molecule has 3 aromatic rings. The lowest BCUT2D eigenvalue weighted by molar-refractivity contribution is -0.137. The van der Waals surface area contributed by atoms with Crippen LogP contribution in [0.2, 0.25) is 5.02 Å². The summed E-state index contributed by atoms with van der Waals surface area (Å²) in [5.74, 6) is 0.388. The second-order valence-electron chi connectivity index (χ2n) is 6.73. The lowest BCUT2D eigenvalue weighted by Gasteiger charge is -2.24. The predicted molar refractivity (Wildman–Crippen MR) is 94.5 cm³/mol. The van der Waals surface area contributed by atoms with Crippen molar-refractivity contribution in [1.29, 1.82) is 0 Å². The number of hydrogen-bond donors (Lipinski definition) is 2. The average Bonchev–Trinajstić information content (AvgIpc) is 2.82. The van der Waals surface area contributed by atoms with Gasteiger partial charge < -0.3 is 11.1 Å². The van der Waals surface area contributed by atoms with Gasteiger partial charge in [0.05, 0.1) is 11.8 Å². The number of nitrogens with zero attached hydrogens (tertiary/aromatic N) is 4. The molecule has 0 spiro atoms. The highest BCUT2D eigenvalue weighted by Gasteiger charge is 2.31. The summed E-state index contributed by atoms with van der Waals surface area (Å²) in [6.07, 6.45) is -3.05. The van der Waals surface area contributed by atoms with Crippen LogP contribution in [0.1, 0.15) is 26.3 Å². The number of rotatable bonds is 2. The Kier molecular flexibility index (Phi) is 4.22. The molecule has 0 saturated heterocycles. The minimum absolute atomic E-state index is 0.0372. The fraction of sp³-hybridized carbons (Fsp3) is 0.312. The molecule has 0 fully saturated rings. The molecule has 3 rings (SSSR count). The number of fused-ring (bicyclic) bond motifs is 1. The van der Waals surface area contributed by atoms with Crippen molar-refractivity contribution >= 4 is 40.3 Å². The number of benzene rings is 1. The van der Waals surface area contributed by atoms with Crippen molar-refractivity contribution in [2.24, 2.45) is 0 Å². The summed E-state index contributed by atoms with van der Waals surface area (Å²) in [5.41, 5.74) is 5.44. The van der Waals surface area contributed by atoms with E-state index in [4.69, 9.17) is 17.3 Å². The Hall–Kier alpha value is -2.55. The van der Waals surface area contributed by atoms with Gasteiger partial charge in [0.25, 0.3) is 0 Å². The van der Waals surface area contributed by atoms with Crippen molar-refractivity contribution in [3.05, 3.63) is 35.0 Å². The van der Waals surface area contributed by atoms with Gasteiger partial charge in [0, 0.05) is 16.2 Å². The Morgan fingerprint density at radius 1 is 1.12 bits per heavy atom. The van der Waals surface area contributed by atoms with Crippen LogP contribution in [0.25, 0.3) is 11.2 Å². The van der Waals surface area contributed by atoms with Crippen LogP contribution in [0.3, 0.4) is 0 Å². The van der Waals surface area contributed by atoms with Crippen molar-refractivity contribution < 1.29 is 13.2 Å². The largest absolute Gasteiger partial charge is 0.416 e. The van der Waals surface area contributed by atoms with Crippen LogP contribution < -0.4 is 11.1 Å². The first-order valence-electron chi connectivity index (χ1n) is 7.61. The second kappa shape index (κ2) is 6.01. The Bertz CT molecular complexity index is 975. The summed E-state index contributed by atoms with van der Waals surface area (Å²) < 4.78 is 40.8. The van der Waals surface area contributed by atoms with E-state index < -0.39 is 17.3 Å². The van der Waals surface area contributed by atoms with Crippen LogP contribution >= 0.6 is 11.6 Å². The van der Waals surface area contributed by atoms with Crippen LogP contribution in [0.15, 0.2) is 24.4 Å². The number of alkyl halides is 3. The SMILES string of the molecule is CC(C)(C)n1c(Nc2cc(Cl)cc(C(F)(F)F)c2)nc2cnc(N)nc21. The van der Waals surface area contributed by atoms with Gasteiger partial charge in [0.15, 0.2) is 5.65 Å². The first-order chi connectivity index (χ1) is 11.9. The second-order valence-corrected chi connectivity index (χ2v) is 7.17. The van der Waals surface area contributed by atoms with E-state index in [-0.39, 0.29) is 16.7 Å². The molecule has 2 aromatic heterocycles. The van der Waals surface area contributed by atoms with Crippen molar-refractivity contribution in [3.63, 3.8) is 0 Å². The molecule has 0 aliphatic heterocycles. The van der Waals surface area contributed by atoms with Gasteiger partial charge in [-0.2, -0.15) is 18.2 Å². The Balaban J connectivity index is 2.14. The number of anilines is 3. The van der Waals surface area contributed by atoms with E-state index in [1.807, 2.05) is 20.8 Å². The van der Waals surface area contributed by atoms with Crippen molar-refractivity contribution in [2.75, 3.05) is 11.1 Å². The minimum Gasteiger partial charge on any atom is -0.368 e. The number of halogens is 4. The zero-order valence-corrected chi connectivity index (χ0v) is 14.9. The maximum absolute atomic E-state index is 13.0. The van der Waals surface area contributed by atoms with Crippen LogP contribution in [0.4, 0.5) is 30.8 Å². The van der Waals surface area contributed by atoms with E-state index in [0.29, 0.717) is 17.1 Å². The molecule has 0 aliphatic rings. The normalized spacial score (nSPS) is 12.6. The van der Waals surface area contributed by atoms with E-state index in [9.17, 15) is 13.2 Å². The molecule has 138 valence electrons.